The van der Waals surface area contributed by atoms with Gasteiger partial charge in [-0.05, 0) is 40.8 Å². The average molecular weight is 308 g/mol. The summed E-state index contributed by atoms with van der Waals surface area (Å²) in [5.41, 5.74) is 1.01. The average Bonchev–Trinajstić information content (AvgIpc) is 2.62. The van der Waals surface area contributed by atoms with E-state index in [-0.39, 0.29) is 0 Å². The molecule has 0 N–H and O–H groups in total. The van der Waals surface area contributed by atoms with Crippen LogP contribution in [-0.4, -0.2) is 19.0 Å². The number of rotatable bonds is 1. The molecule has 68 valence electrons. The summed E-state index contributed by atoms with van der Waals surface area (Å²) in [6.45, 7) is 1.45. The first-order valence-corrected chi connectivity index (χ1v) is 5.36. The van der Waals surface area contributed by atoms with Crippen molar-refractivity contribution in [2.24, 2.45) is 4.99 Å². The monoisotopic (exact) mass is 307 g/mol. The van der Waals surface area contributed by atoms with Crippen LogP contribution >= 0.6 is 34.2 Å². The van der Waals surface area contributed by atoms with Crippen molar-refractivity contribution in [1.29, 1.82) is 0 Å². The van der Waals surface area contributed by atoms with Gasteiger partial charge in [-0.15, -0.1) is 0 Å². The van der Waals surface area contributed by atoms with Crippen LogP contribution in [0.2, 0.25) is 5.02 Å². The second kappa shape index (κ2) is 3.84. The van der Waals surface area contributed by atoms with E-state index in [1.807, 2.05) is 18.2 Å². The molecule has 1 heterocycles. The van der Waals surface area contributed by atoms with Gasteiger partial charge in [-0.2, -0.15) is 0 Å². The van der Waals surface area contributed by atoms with Gasteiger partial charge in [0.05, 0.1) is 11.6 Å². The van der Waals surface area contributed by atoms with E-state index in [0.29, 0.717) is 6.61 Å². The highest BCUT2D eigenvalue weighted by Crippen LogP contribution is 2.20. The molecule has 1 aromatic rings. The van der Waals surface area contributed by atoms with Gasteiger partial charge < -0.3 is 4.74 Å². The number of aliphatic imine (C=N–C) groups is 1. The summed E-state index contributed by atoms with van der Waals surface area (Å²) in [4.78, 5) is 4.22. The van der Waals surface area contributed by atoms with Crippen molar-refractivity contribution in [3.63, 3.8) is 0 Å². The minimum Gasteiger partial charge on any atom is -0.476 e. The van der Waals surface area contributed by atoms with E-state index in [1.165, 1.54) is 0 Å². The van der Waals surface area contributed by atoms with E-state index in [2.05, 4.69) is 27.6 Å². The Morgan fingerprint density at radius 2 is 2.31 bits per heavy atom. The summed E-state index contributed by atoms with van der Waals surface area (Å²) >= 11 is 8.09. The highest BCUT2D eigenvalue weighted by molar-refractivity contribution is 14.1. The molecule has 13 heavy (non-hydrogen) atoms. The molecule has 0 saturated heterocycles. The Hall–Kier alpha value is -0.290. The van der Waals surface area contributed by atoms with Gasteiger partial charge in [0.1, 0.15) is 6.61 Å². The molecule has 2 rings (SSSR count). The highest BCUT2D eigenvalue weighted by atomic mass is 127. The lowest BCUT2D eigenvalue weighted by Crippen LogP contribution is -2.01. The summed E-state index contributed by atoms with van der Waals surface area (Å²) < 4.78 is 6.36. The van der Waals surface area contributed by atoms with Gasteiger partial charge in [0, 0.05) is 9.13 Å². The molecule has 0 bridgehead atoms. The molecule has 0 unspecified atom stereocenters. The van der Waals surface area contributed by atoms with Gasteiger partial charge in [-0.3, -0.25) is 0 Å². The van der Waals surface area contributed by atoms with Gasteiger partial charge in [0.2, 0.25) is 5.90 Å². The Kier molecular flexibility index (Phi) is 2.74. The smallest absolute Gasteiger partial charge is 0.216 e. The quantitative estimate of drug-likeness (QED) is 0.731. The minimum absolute atomic E-state index is 0.689. The first-order chi connectivity index (χ1) is 6.27. The molecule has 0 radical (unpaired) electrons. The topological polar surface area (TPSA) is 21.6 Å². The largest absolute Gasteiger partial charge is 0.476 e. The van der Waals surface area contributed by atoms with Crippen molar-refractivity contribution >= 4 is 40.1 Å². The van der Waals surface area contributed by atoms with Gasteiger partial charge in [0.25, 0.3) is 0 Å². The lowest BCUT2D eigenvalue weighted by molar-refractivity contribution is 0.348. The van der Waals surface area contributed by atoms with Crippen molar-refractivity contribution in [2.45, 2.75) is 0 Å². The predicted octanol–water partition coefficient (Wildman–Crippen LogP) is 2.72. The van der Waals surface area contributed by atoms with E-state index < -0.39 is 0 Å². The zero-order valence-electron chi connectivity index (χ0n) is 6.76. The van der Waals surface area contributed by atoms with E-state index in [9.17, 15) is 0 Å². The fraction of sp³-hybridized carbons (Fsp3) is 0.222. The Balaban J connectivity index is 2.36. The Bertz CT molecular complexity index is 365. The molecule has 0 saturated carbocycles. The molecule has 0 amide bonds. The number of ether oxygens (including phenoxy) is 1. The summed E-state index contributed by atoms with van der Waals surface area (Å²) in [6.07, 6.45) is 0. The normalized spacial score (nSPS) is 15.4. The van der Waals surface area contributed by atoms with E-state index in [0.717, 1.165) is 26.6 Å². The molecule has 2 nitrogen and oxygen atoms in total. The number of benzene rings is 1. The van der Waals surface area contributed by atoms with Crippen LogP contribution in [0, 0.1) is 3.57 Å². The van der Waals surface area contributed by atoms with Crippen molar-refractivity contribution in [3.05, 3.63) is 32.4 Å². The van der Waals surface area contributed by atoms with E-state index in [4.69, 9.17) is 16.3 Å². The molecule has 0 aliphatic carbocycles. The Morgan fingerprint density at radius 1 is 1.46 bits per heavy atom. The first kappa shape index (κ1) is 9.27. The molecule has 1 aliphatic heterocycles. The molecular weight excluding hydrogens is 300 g/mol. The lowest BCUT2D eigenvalue weighted by atomic mass is 10.2. The molecule has 0 fully saturated rings. The van der Waals surface area contributed by atoms with Crippen LogP contribution in [0.4, 0.5) is 0 Å². The molecule has 1 aliphatic rings. The number of halogens is 2. The molecule has 0 aromatic heterocycles. The third-order valence-corrected chi connectivity index (χ3v) is 3.29. The van der Waals surface area contributed by atoms with E-state index >= 15 is 0 Å². The molecule has 4 heteroatoms. The van der Waals surface area contributed by atoms with Gasteiger partial charge in [0.15, 0.2) is 0 Å². The van der Waals surface area contributed by atoms with Crippen LogP contribution < -0.4 is 0 Å². The Labute approximate surface area is 95.1 Å². The number of nitrogens with zero attached hydrogens (tertiary/aromatic N) is 1. The summed E-state index contributed by atoms with van der Waals surface area (Å²) in [5, 5.41) is 0.767. The van der Waals surface area contributed by atoms with Crippen molar-refractivity contribution in [2.75, 3.05) is 13.2 Å². The third kappa shape index (κ3) is 1.96. The van der Waals surface area contributed by atoms with Crippen molar-refractivity contribution in [3.8, 4) is 0 Å². The number of hydrogen-bond acceptors (Lipinski definition) is 2. The van der Waals surface area contributed by atoms with Crippen LogP contribution in [-0.2, 0) is 4.74 Å². The summed E-state index contributed by atoms with van der Waals surface area (Å²) in [6, 6.07) is 5.77. The van der Waals surface area contributed by atoms with Gasteiger partial charge in [-0.1, -0.05) is 11.6 Å². The fourth-order valence-corrected chi connectivity index (χ4v) is 1.77. The second-order valence-corrected chi connectivity index (χ2v) is 4.23. The maximum absolute atomic E-state index is 5.90. The molecular formula is C9H7ClINO. The van der Waals surface area contributed by atoms with Crippen molar-refractivity contribution in [1.82, 2.24) is 0 Å². The maximum atomic E-state index is 5.90. The second-order valence-electron chi connectivity index (χ2n) is 2.66. The standard InChI is InChI=1S/C9H7ClINO/c10-7-2-1-6(5-8(7)11)9-12-3-4-13-9/h1-2,5H,3-4H2. The van der Waals surface area contributed by atoms with Crippen LogP contribution in [0.1, 0.15) is 5.56 Å². The zero-order chi connectivity index (χ0) is 9.26. The third-order valence-electron chi connectivity index (χ3n) is 1.75. The van der Waals surface area contributed by atoms with Crippen LogP contribution in [0.3, 0.4) is 0 Å². The maximum Gasteiger partial charge on any atom is 0.216 e. The predicted molar refractivity (Wildman–Crippen MR) is 61.5 cm³/mol. The molecule has 1 aromatic carbocycles. The van der Waals surface area contributed by atoms with Gasteiger partial charge >= 0.3 is 0 Å². The minimum atomic E-state index is 0.689. The highest BCUT2D eigenvalue weighted by Gasteiger charge is 2.10. The van der Waals surface area contributed by atoms with Crippen LogP contribution in [0.5, 0.6) is 0 Å². The van der Waals surface area contributed by atoms with E-state index in [1.54, 1.807) is 0 Å². The lowest BCUT2D eigenvalue weighted by Gasteiger charge is -2.02. The fourth-order valence-electron chi connectivity index (χ4n) is 1.14. The number of hydrogen-bond donors (Lipinski definition) is 0. The molecule has 0 atom stereocenters. The van der Waals surface area contributed by atoms with Crippen molar-refractivity contribution < 1.29 is 4.74 Å². The SMILES string of the molecule is Clc1ccc(C2=NCCO2)cc1I. The Morgan fingerprint density at radius 3 is 2.92 bits per heavy atom. The van der Waals surface area contributed by atoms with Crippen LogP contribution in [0.25, 0.3) is 0 Å². The van der Waals surface area contributed by atoms with Gasteiger partial charge in [-0.25, -0.2) is 4.99 Å². The summed E-state index contributed by atoms with van der Waals surface area (Å²) in [7, 11) is 0. The zero-order valence-corrected chi connectivity index (χ0v) is 9.67. The first-order valence-electron chi connectivity index (χ1n) is 3.90. The van der Waals surface area contributed by atoms with Crippen LogP contribution in [0.15, 0.2) is 23.2 Å². The summed E-state index contributed by atoms with van der Waals surface area (Å²) in [5.74, 6) is 0.731. The molecule has 0 spiro atoms.